The molecule has 0 spiro atoms. The van der Waals surface area contributed by atoms with Crippen LogP contribution in [0.3, 0.4) is 0 Å². The summed E-state index contributed by atoms with van der Waals surface area (Å²) in [6.45, 7) is 5.65. The maximum atomic E-state index is 11.9. The van der Waals surface area contributed by atoms with Gasteiger partial charge in [-0.3, -0.25) is 14.9 Å². The van der Waals surface area contributed by atoms with Gasteiger partial charge in [-0.1, -0.05) is 50.2 Å². The maximum absolute atomic E-state index is 11.9. The van der Waals surface area contributed by atoms with E-state index in [-0.39, 0.29) is 18.0 Å². The second-order valence-corrected chi connectivity index (χ2v) is 6.02. The van der Waals surface area contributed by atoms with Crippen LogP contribution < -0.4 is 10.2 Å². The molecular formula is C19H21N3O4. The van der Waals surface area contributed by atoms with Crippen LogP contribution in [0.2, 0.25) is 0 Å². The van der Waals surface area contributed by atoms with Crippen LogP contribution in [0, 0.1) is 10.1 Å². The van der Waals surface area contributed by atoms with Gasteiger partial charge >= 0.3 is 5.69 Å². The number of ether oxygens (including phenoxy) is 1. The van der Waals surface area contributed by atoms with Crippen LogP contribution in [0.15, 0.2) is 53.6 Å². The molecule has 0 aliphatic rings. The number of carbonyl (C=O) groups is 1. The molecular weight excluding hydrogens is 334 g/mol. The number of hydrogen-bond acceptors (Lipinski definition) is 5. The zero-order chi connectivity index (χ0) is 19.1. The summed E-state index contributed by atoms with van der Waals surface area (Å²) >= 11 is 0. The van der Waals surface area contributed by atoms with Gasteiger partial charge in [0.05, 0.1) is 10.6 Å². The highest BCUT2D eigenvalue weighted by Gasteiger charge is 2.14. The molecule has 0 unspecified atom stereocenters. The fourth-order valence-electron chi connectivity index (χ4n) is 2.23. The number of nitrogens with zero attached hydrogens (tertiary/aromatic N) is 2. The lowest BCUT2D eigenvalue weighted by Crippen LogP contribution is -2.25. The van der Waals surface area contributed by atoms with Gasteiger partial charge in [0.15, 0.2) is 12.4 Å². The molecule has 0 atom stereocenters. The van der Waals surface area contributed by atoms with Gasteiger partial charge in [0, 0.05) is 6.07 Å². The number of carbonyl (C=O) groups excluding carboxylic acids is 1. The number of hydrogen-bond donors (Lipinski definition) is 1. The van der Waals surface area contributed by atoms with Crippen LogP contribution in [0.5, 0.6) is 5.75 Å². The van der Waals surface area contributed by atoms with Gasteiger partial charge in [0.1, 0.15) is 0 Å². The zero-order valence-corrected chi connectivity index (χ0v) is 14.9. The summed E-state index contributed by atoms with van der Waals surface area (Å²) in [5.74, 6) is -0.0147. The molecule has 0 aromatic heterocycles. The Morgan fingerprint density at radius 3 is 2.46 bits per heavy atom. The minimum absolute atomic E-state index is 0.0395. The first kappa shape index (κ1) is 19.1. The maximum Gasteiger partial charge on any atom is 0.310 e. The van der Waals surface area contributed by atoms with E-state index >= 15 is 0 Å². The first-order valence-corrected chi connectivity index (χ1v) is 8.18. The van der Waals surface area contributed by atoms with E-state index < -0.39 is 10.8 Å². The third kappa shape index (κ3) is 5.14. The van der Waals surface area contributed by atoms with E-state index in [1.165, 1.54) is 23.8 Å². The molecule has 7 nitrogen and oxygen atoms in total. The van der Waals surface area contributed by atoms with Crippen molar-refractivity contribution >= 4 is 17.3 Å². The van der Waals surface area contributed by atoms with E-state index in [9.17, 15) is 14.9 Å². The van der Waals surface area contributed by atoms with Crippen molar-refractivity contribution in [2.24, 2.45) is 5.10 Å². The van der Waals surface area contributed by atoms with Crippen molar-refractivity contribution in [1.29, 1.82) is 0 Å². The molecule has 0 radical (unpaired) electrons. The minimum Gasteiger partial charge on any atom is -0.477 e. The van der Waals surface area contributed by atoms with E-state index in [0.717, 1.165) is 5.56 Å². The Hall–Kier alpha value is -3.22. The van der Waals surface area contributed by atoms with Crippen LogP contribution in [0.4, 0.5) is 5.69 Å². The lowest BCUT2D eigenvalue weighted by atomic mass is 10.0. The van der Waals surface area contributed by atoms with Gasteiger partial charge in [0.2, 0.25) is 0 Å². The minimum atomic E-state index is -0.559. The molecule has 1 N–H and O–H groups in total. The average Bonchev–Trinajstić information content (AvgIpc) is 2.64. The molecule has 2 aromatic carbocycles. The third-order valence-corrected chi connectivity index (χ3v) is 3.76. The van der Waals surface area contributed by atoms with Crippen LogP contribution >= 0.6 is 0 Å². The van der Waals surface area contributed by atoms with Crippen LogP contribution in [0.1, 0.15) is 37.8 Å². The number of benzene rings is 2. The van der Waals surface area contributed by atoms with Crippen molar-refractivity contribution < 1.29 is 14.5 Å². The van der Waals surface area contributed by atoms with E-state index in [1.807, 2.05) is 24.3 Å². The summed E-state index contributed by atoms with van der Waals surface area (Å²) in [4.78, 5) is 22.2. The molecule has 0 heterocycles. The molecule has 26 heavy (non-hydrogen) atoms. The number of amides is 1. The molecule has 1 amide bonds. The quantitative estimate of drug-likeness (QED) is 0.466. The number of hydrazone groups is 1. The Balaban J connectivity index is 1.93. The molecule has 2 rings (SSSR count). The molecule has 0 saturated heterocycles. The number of nitro groups is 1. The molecule has 0 saturated carbocycles. The van der Waals surface area contributed by atoms with Gasteiger partial charge in [-0.25, -0.2) is 5.43 Å². The number of para-hydroxylation sites is 2. The number of nitrogens with one attached hydrogen (secondary N) is 1. The van der Waals surface area contributed by atoms with Crippen LogP contribution in [-0.2, 0) is 4.79 Å². The van der Waals surface area contributed by atoms with Crippen molar-refractivity contribution in [3.63, 3.8) is 0 Å². The lowest BCUT2D eigenvalue weighted by molar-refractivity contribution is -0.385. The van der Waals surface area contributed by atoms with Crippen LogP contribution in [0.25, 0.3) is 0 Å². The Morgan fingerprint density at radius 2 is 1.85 bits per heavy atom. The summed E-state index contributed by atoms with van der Waals surface area (Å²) in [6.07, 6.45) is 0. The van der Waals surface area contributed by atoms with Crippen molar-refractivity contribution in [1.82, 2.24) is 5.43 Å². The van der Waals surface area contributed by atoms with Crippen molar-refractivity contribution in [3.8, 4) is 5.75 Å². The third-order valence-electron chi connectivity index (χ3n) is 3.76. The van der Waals surface area contributed by atoms with E-state index in [4.69, 9.17) is 4.74 Å². The van der Waals surface area contributed by atoms with Gasteiger partial charge in [-0.15, -0.1) is 0 Å². The normalized spacial score (nSPS) is 11.3. The summed E-state index contributed by atoms with van der Waals surface area (Å²) < 4.78 is 5.22. The largest absolute Gasteiger partial charge is 0.477 e. The lowest BCUT2D eigenvalue weighted by Gasteiger charge is -2.08. The van der Waals surface area contributed by atoms with E-state index in [2.05, 4.69) is 24.4 Å². The van der Waals surface area contributed by atoms with E-state index in [0.29, 0.717) is 11.6 Å². The Morgan fingerprint density at radius 1 is 1.19 bits per heavy atom. The van der Waals surface area contributed by atoms with Gasteiger partial charge in [-0.2, -0.15) is 5.10 Å². The molecule has 0 aliphatic carbocycles. The molecule has 0 aliphatic heterocycles. The first-order chi connectivity index (χ1) is 12.4. The van der Waals surface area contributed by atoms with Gasteiger partial charge in [0.25, 0.3) is 5.91 Å². The Bertz CT molecular complexity index is 814. The monoisotopic (exact) mass is 355 g/mol. The Labute approximate surface area is 151 Å². The highest BCUT2D eigenvalue weighted by atomic mass is 16.6. The average molecular weight is 355 g/mol. The van der Waals surface area contributed by atoms with Crippen molar-refractivity contribution in [2.45, 2.75) is 26.7 Å². The molecule has 2 aromatic rings. The number of rotatable bonds is 7. The van der Waals surface area contributed by atoms with Gasteiger partial charge < -0.3 is 4.74 Å². The predicted molar refractivity (Wildman–Crippen MR) is 99.5 cm³/mol. The van der Waals surface area contributed by atoms with E-state index in [1.54, 1.807) is 13.0 Å². The summed E-state index contributed by atoms with van der Waals surface area (Å²) in [5.41, 5.74) is 4.98. The number of nitro benzene ring substituents is 1. The fraction of sp³-hybridized carbons (Fsp3) is 0.263. The SMILES string of the molecule is C/C(=N/NC(=O)COc1ccccc1[N+](=O)[O-])c1ccc(C(C)C)cc1. The van der Waals surface area contributed by atoms with Crippen molar-refractivity contribution in [2.75, 3.05) is 6.61 Å². The highest BCUT2D eigenvalue weighted by Crippen LogP contribution is 2.25. The zero-order valence-electron chi connectivity index (χ0n) is 14.9. The van der Waals surface area contributed by atoms with Crippen molar-refractivity contribution in [3.05, 3.63) is 69.8 Å². The Kier molecular flexibility index (Phi) is 6.43. The summed E-state index contributed by atoms with van der Waals surface area (Å²) in [6, 6.07) is 13.8. The van der Waals surface area contributed by atoms with Gasteiger partial charge in [-0.05, 0) is 30.0 Å². The predicted octanol–water partition coefficient (Wildman–Crippen LogP) is 3.64. The molecule has 136 valence electrons. The smallest absolute Gasteiger partial charge is 0.310 e. The standard InChI is InChI=1S/C19H21N3O4/c1-13(2)15-8-10-16(11-9-15)14(3)20-21-19(23)12-26-18-7-5-4-6-17(18)22(24)25/h4-11,13H,12H2,1-3H3,(H,21,23)/b20-14-. The molecule has 7 heteroatoms. The molecule has 0 fully saturated rings. The topological polar surface area (TPSA) is 93.8 Å². The second-order valence-electron chi connectivity index (χ2n) is 6.02. The highest BCUT2D eigenvalue weighted by molar-refractivity contribution is 5.99. The van der Waals surface area contributed by atoms with Crippen LogP contribution in [-0.4, -0.2) is 23.1 Å². The molecule has 0 bridgehead atoms. The fourth-order valence-corrected chi connectivity index (χ4v) is 2.23. The second kappa shape index (κ2) is 8.75. The summed E-state index contributed by atoms with van der Waals surface area (Å²) in [7, 11) is 0. The first-order valence-electron chi connectivity index (χ1n) is 8.18. The summed E-state index contributed by atoms with van der Waals surface area (Å²) in [5, 5.41) is 14.9.